The van der Waals surface area contributed by atoms with Crippen LogP contribution in [-0.4, -0.2) is 355 Å². The number of rotatable bonds is 26. The molecule has 0 aliphatic heterocycles. The average Bonchev–Trinajstić information content (AvgIpc) is 1.69. The molecule has 34 atom stereocenters. The monoisotopic (exact) mass is 1720 g/mol. The van der Waals surface area contributed by atoms with Crippen molar-refractivity contribution in [1.82, 2.24) is 0 Å². The third kappa shape index (κ3) is 22.5. The first kappa shape index (κ1) is 100. The van der Waals surface area contributed by atoms with E-state index in [1.165, 1.54) is 0 Å². The van der Waals surface area contributed by atoms with Gasteiger partial charge in [-0.25, -0.2) is 0 Å². The van der Waals surface area contributed by atoms with Gasteiger partial charge in [0.25, 0.3) is 15.6 Å². The minimum atomic E-state index is -5.81. The maximum Gasteiger partial charge on any atom is 2.00 e. The van der Waals surface area contributed by atoms with Crippen LogP contribution in [0.5, 0.6) is 0 Å². The molecule has 109 heavy (non-hydrogen) atoms. The molecule has 0 saturated heterocycles. The zero-order chi connectivity index (χ0) is 78.8. The second-order valence-corrected chi connectivity index (χ2v) is 38.3. The van der Waals surface area contributed by atoms with E-state index in [1.807, 2.05) is 13.8 Å². The predicted octanol–water partition coefficient (Wildman–Crippen LogP) is -5.52. The van der Waals surface area contributed by atoms with Crippen LogP contribution in [0, 0.1) is 92.7 Å². The molecule has 10 rings (SSSR count). The van der Waals surface area contributed by atoms with Crippen molar-refractivity contribution in [2.45, 2.75) is 279 Å². The van der Waals surface area contributed by atoms with Crippen LogP contribution in [0.2, 0.25) is 0 Å². The average molecular weight is 1720 g/mol. The molecule has 10 saturated carbocycles. The molecule has 10 aliphatic rings. The van der Waals surface area contributed by atoms with E-state index in [-0.39, 0.29) is 220 Å². The summed E-state index contributed by atoms with van der Waals surface area (Å²) in [7, 11) is -22.6. The Kier molecular flexibility index (Phi) is 36.6. The molecule has 10 aliphatic carbocycles. The summed E-state index contributed by atoms with van der Waals surface area (Å²) in [5, 5.41) is 168. The van der Waals surface area contributed by atoms with E-state index < -0.39 is 190 Å². The van der Waals surface area contributed by atoms with Gasteiger partial charge in [0.05, 0.1) is 65.5 Å². The van der Waals surface area contributed by atoms with Crippen molar-refractivity contribution < 1.29 is 176 Å². The molecule has 0 aromatic carbocycles. The molecule has 0 amide bonds. The van der Waals surface area contributed by atoms with Crippen LogP contribution in [0.3, 0.4) is 0 Å². The summed E-state index contributed by atoms with van der Waals surface area (Å²) in [6.45, 7) is 9.49. The molecule has 0 heterocycles. The number of fused-ring (bicyclic) bond motifs is 10. The van der Waals surface area contributed by atoms with Gasteiger partial charge in [0.2, 0.25) is 0 Å². The number of aliphatic hydroxyl groups is 16. The Hall–Kier alpha value is 2.52. The Bertz CT molecular complexity index is 2960. The van der Waals surface area contributed by atoms with E-state index in [0.29, 0.717) is 51.4 Å². The molecule has 0 aromatic rings. The molecule has 10 fully saturated rings. The number of carbonyl (C=O) groups is 2. The fourth-order valence-corrected chi connectivity index (χ4v) is 24.9. The van der Waals surface area contributed by atoms with E-state index >= 15 is 0 Å². The minimum Gasteiger partial charge on any atom is -0.790 e. The largest absolute Gasteiger partial charge is 2.00 e. The van der Waals surface area contributed by atoms with E-state index in [4.69, 9.17) is 9.47 Å². The van der Waals surface area contributed by atoms with Gasteiger partial charge in [0, 0.05) is 12.8 Å². The van der Waals surface area contributed by atoms with Gasteiger partial charge in [-0.05, 0) is 195 Å². The van der Waals surface area contributed by atoms with Crippen molar-refractivity contribution in [3.05, 3.63) is 0 Å². The summed E-state index contributed by atoms with van der Waals surface area (Å²) in [5.41, 5.74) is -1.02. The topological polar surface area (TPSA) is 638 Å². The first-order valence-corrected chi connectivity index (χ1v) is 42.7. The second kappa shape index (κ2) is 39.8. The first-order chi connectivity index (χ1) is 49.0. The third-order valence-electron chi connectivity index (χ3n) is 27.5. The molecular weight excluding hydrogens is 1610 g/mol. The maximum absolute atomic E-state index is 12.6. The molecule has 0 bridgehead atoms. The van der Waals surface area contributed by atoms with E-state index in [0.717, 1.165) is 51.4 Å². The summed E-state index contributed by atoms with van der Waals surface area (Å²) < 4.78 is 82.8. The molecule has 43 heteroatoms. The predicted molar refractivity (Wildman–Crippen MR) is 366 cm³/mol. The molecule has 0 spiro atoms. The van der Waals surface area contributed by atoms with Crippen LogP contribution in [0.15, 0.2) is 0 Å². The molecular formula is C66H110Ca3O36P4. The zero-order valence-corrected chi connectivity index (χ0v) is 72.5. The Balaban J connectivity index is 0.000000332. The second-order valence-electron chi connectivity index (χ2n) is 33.3. The van der Waals surface area contributed by atoms with Gasteiger partial charge in [-0.3, -0.25) is 18.7 Å². The van der Waals surface area contributed by atoms with Crippen LogP contribution in [0.1, 0.15) is 157 Å². The van der Waals surface area contributed by atoms with Gasteiger partial charge in [-0.2, -0.15) is 0 Å². The summed E-state index contributed by atoms with van der Waals surface area (Å²) in [6.07, 6.45) is -23.3. The van der Waals surface area contributed by atoms with Gasteiger partial charge >= 0.3 is 125 Å². The maximum atomic E-state index is 12.6. The number of phosphoric ester groups is 4. The first-order valence-electron chi connectivity index (χ1n) is 36.9. The number of carbonyl (C=O) groups excluding carboxylic acids is 2. The fourth-order valence-electron chi connectivity index (χ4n) is 21.8. The van der Waals surface area contributed by atoms with E-state index in [1.54, 1.807) is 0 Å². The summed E-state index contributed by atoms with van der Waals surface area (Å²) >= 11 is 0. The van der Waals surface area contributed by atoms with Gasteiger partial charge in [0.1, 0.15) is 98.7 Å². The Morgan fingerprint density at radius 1 is 0.413 bits per heavy atom. The summed E-state index contributed by atoms with van der Waals surface area (Å²) in [5.74, 6) is -0.107. The molecule has 14 unspecified atom stereocenters. The standard InChI is InChI=1S/2C33H58O18P2.3Ca/c2*1-15(19-5-6-20-25-21(12-23(37)33(19,20)3)32(2)9-8-17(34)10-16(32)11-22(25)36)4-7-24(38)48-13-18(35)14-49-53(46,47)51-31-28(41)26(39)30(27(40)29(31)42)50-52(43,44)45;;;/h2*15-23,25-31,34-37,39-42H,4-14H2,1-3H3,(H,46,47)(H2,43,44,45);;;/q;;3*+2/p-6/t2*15-,16+,17-,18?,19?,20+,21+,22-,23+,25+,26?,27?,28?,29?,30?,31?,32+,33-;;;/m11.../s1. The van der Waals surface area contributed by atoms with E-state index in [2.05, 4.69) is 54.8 Å². The van der Waals surface area contributed by atoms with Crippen LogP contribution in [0.25, 0.3) is 0 Å². The van der Waals surface area contributed by atoms with Crippen LogP contribution >= 0.6 is 31.3 Å². The quantitative estimate of drug-likeness (QED) is 0.0218. The number of hydrogen-bond donors (Lipinski definition) is 16. The Labute approximate surface area is 723 Å². The Morgan fingerprint density at radius 3 is 1.00 bits per heavy atom. The van der Waals surface area contributed by atoms with Crippen LogP contribution < -0.4 is 29.4 Å². The summed E-state index contributed by atoms with van der Waals surface area (Å²) in [4.78, 5) is 93.5. The number of esters is 2. The molecule has 0 radical (unpaired) electrons. The zero-order valence-electron chi connectivity index (χ0n) is 62.3. The van der Waals surface area contributed by atoms with Crippen molar-refractivity contribution in [3.63, 3.8) is 0 Å². The molecule has 0 aromatic heterocycles. The van der Waals surface area contributed by atoms with Crippen LogP contribution in [-0.2, 0) is 64.5 Å². The van der Waals surface area contributed by atoms with Crippen LogP contribution in [0.4, 0.5) is 0 Å². The third-order valence-corrected chi connectivity index (χ3v) is 30.4. The number of hydrogen-bond acceptors (Lipinski definition) is 36. The van der Waals surface area contributed by atoms with Crippen molar-refractivity contribution in [3.8, 4) is 0 Å². The molecule has 16 N–H and O–H groups in total. The smallest absolute Gasteiger partial charge is 0.790 e. The Morgan fingerprint density at radius 2 is 0.706 bits per heavy atom. The fraction of sp³-hybridized carbons (Fsp3) is 0.970. The number of aliphatic hydroxyl groups excluding tert-OH is 16. The molecule has 616 valence electrons. The number of phosphoric acid groups is 4. The van der Waals surface area contributed by atoms with E-state index in [9.17, 15) is 139 Å². The van der Waals surface area contributed by atoms with Crippen molar-refractivity contribution in [2.75, 3.05) is 26.4 Å². The summed E-state index contributed by atoms with van der Waals surface area (Å²) in [6, 6.07) is 0. The van der Waals surface area contributed by atoms with Crippen molar-refractivity contribution in [2.24, 2.45) is 92.7 Å². The van der Waals surface area contributed by atoms with Crippen molar-refractivity contribution >= 4 is 156 Å². The van der Waals surface area contributed by atoms with Gasteiger partial charge in [-0.1, -0.05) is 41.5 Å². The normalized spacial score (nSPS) is 45.4. The van der Waals surface area contributed by atoms with Gasteiger partial charge < -0.3 is 157 Å². The van der Waals surface area contributed by atoms with Crippen molar-refractivity contribution in [1.29, 1.82) is 0 Å². The van der Waals surface area contributed by atoms with Gasteiger partial charge in [0.15, 0.2) is 0 Å². The van der Waals surface area contributed by atoms with Gasteiger partial charge in [-0.15, -0.1) is 0 Å². The number of ether oxygens (including phenoxy) is 2. The SMILES string of the molecule is C[C@H](CCC(=O)OCC(O)COP(=O)([O-])OC1C(O)C(O)C(OP(=O)([O-])[O-])C(O)C1O)C1CC[C@H]2[C@@H]3[C@H](O)C[C@@H]4C[C@H](O)CC[C@]4(C)[C@H]3C[C@H](O)[C@]12C.C[C@H](CCC(=O)OCC(O)COP(=O)([O-])OC1C(O)C(O)C(OP(=O)([O-])[O-])C(O)C1O)C1CC[C@H]2[C@@H]3[C@H](O)C[C@@H]4C[C@H](O)CC[C@]4(C)[C@H]3C[C@H](O)[C@]12C.[Ca+2].[Ca+2].[Ca+2]. The molecule has 36 nitrogen and oxygen atoms in total. The minimum absolute atomic E-state index is 0.